The van der Waals surface area contributed by atoms with Crippen LogP contribution < -0.4 is 5.43 Å². The third kappa shape index (κ3) is 3.19. The lowest BCUT2D eigenvalue weighted by Crippen LogP contribution is -2.16. The summed E-state index contributed by atoms with van der Waals surface area (Å²) in [6.45, 7) is 0. The first-order chi connectivity index (χ1) is 12.6. The number of rotatable bonds is 4. The second-order valence-electron chi connectivity index (χ2n) is 6.20. The summed E-state index contributed by atoms with van der Waals surface area (Å²) in [6, 6.07) is 11.5. The van der Waals surface area contributed by atoms with Gasteiger partial charge >= 0.3 is 0 Å². The van der Waals surface area contributed by atoms with Crippen LogP contribution in [0.4, 0.5) is 0 Å². The summed E-state index contributed by atoms with van der Waals surface area (Å²) in [4.78, 5) is 12.3. The third-order valence-corrected chi connectivity index (χ3v) is 4.14. The minimum atomic E-state index is -0.0756. The lowest BCUT2D eigenvalue weighted by Gasteiger charge is -2.06. The molecule has 0 aliphatic rings. The molecule has 7 nitrogen and oxygen atoms in total. The Balaban J connectivity index is 1.66. The highest BCUT2D eigenvalue weighted by molar-refractivity contribution is 5.59. The Morgan fingerprint density at radius 3 is 2.62 bits per heavy atom. The van der Waals surface area contributed by atoms with Crippen molar-refractivity contribution in [1.82, 2.24) is 29.3 Å². The number of aryl methyl sites for hydroxylation is 2. The molecule has 0 aliphatic carbocycles. The molecule has 130 valence electrons. The normalized spacial score (nSPS) is 11.0. The monoisotopic (exact) mass is 346 g/mol. The fourth-order valence-corrected chi connectivity index (χ4v) is 2.84. The van der Waals surface area contributed by atoms with Gasteiger partial charge in [-0.2, -0.15) is 15.3 Å². The number of hydrogen-bond donors (Lipinski definition) is 0. The van der Waals surface area contributed by atoms with E-state index < -0.39 is 0 Å². The van der Waals surface area contributed by atoms with Gasteiger partial charge in [0, 0.05) is 44.5 Å². The van der Waals surface area contributed by atoms with Gasteiger partial charge in [0.25, 0.3) is 0 Å². The van der Waals surface area contributed by atoms with Gasteiger partial charge in [-0.05, 0) is 17.7 Å². The van der Waals surface area contributed by atoms with Gasteiger partial charge in [-0.1, -0.05) is 18.2 Å². The SMILES string of the molecule is Cn1cc(-n2ccc(=O)c(Cc3cccc(-c4ccn(C)n4)c3)n2)cn1. The van der Waals surface area contributed by atoms with E-state index in [-0.39, 0.29) is 5.43 Å². The number of nitrogens with zero attached hydrogens (tertiary/aromatic N) is 6. The van der Waals surface area contributed by atoms with E-state index >= 15 is 0 Å². The van der Waals surface area contributed by atoms with Crippen molar-refractivity contribution in [1.29, 1.82) is 0 Å². The predicted octanol–water partition coefficient (Wildman–Crippen LogP) is 1.96. The first-order valence-electron chi connectivity index (χ1n) is 8.25. The molecule has 0 saturated heterocycles. The summed E-state index contributed by atoms with van der Waals surface area (Å²) in [6.07, 6.45) is 7.59. The van der Waals surface area contributed by atoms with Gasteiger partial charge in [0.2, 0.25) is 5.43 Å². The maximum absolute atomic E-state index is 12.3. The molecule has 0 saturated carbocycles. The molecular formula is C19H18N6O. The average Bonchev–Trinajstić information content (AvgIpc) is 3.26. The van der Waals surface area contributed by atoms with E-state index in [1.54, 1.807) is 26.4 Å². The van der Waals surface area contributed by atoms with Crippen LogP contribution in [-0.4, -0.2) is 29.3 Å². The zero-order chi connectivity index (χ0) is 18.1. The van der Waals surface area contributed by atoms with E-state index in [2.05, 4.69) is 15.3 Å². The van der Waals surface area contributed by atoms with E-state index in [9.17, 15) is 4.79 Å². The molecule has 0 fully saturated rings. The molecule has 0 bridgehead atoms. The second kappa shape index (κ2) is 6.44. The van der Waals surface area contributed by atoms with Gasteiger partial charge in [0.05, 0.1) is 18.1 Å². The topological polar surface area (TPSA) is 70.5 Å². The van der Waals surface area contributed by atoms with Crippen molar-refractivity contribution in [3.63, 3.8) is 0 Å². The molecule has 0 radical (unpaired) electrons. The van der Waals surface area contributed by atoms with Crippen molar-refractivity contribution in [3.05, 3.63) is 82.7 Å². The van der Waals surface area contributed by atoms with Gasteiger partial charge in [-0.3, -0.25) is 14.2 Å². The number of aromatic nitrogens is 6. The van der Waals surface area contributed by atoms with Crippen LogP contribution in [0.25, 0.3) is 16.9 Å². The van der Waals surface area contributed by atoms with Crippen molar-refractivity contribution >= 4 is 0 Å². The first-order valence-corrected chi connectivity index (χ1v) is 8.25. The summed E-state index contributed by atoms with van der Waals surface area (Å²) in [5, 5.41) is 13.1. The molecule has 4 aromatic rings. The average molecular weight is 346 g/mol. The summed E-state index contributed by atoms with van der Waals surface area (Å²) >= 11 is 0. The highest BCUT2D eigenvalue weighted by Gasteiger charge is 2.08. The zero-order valence-electron chi connectivity index (χ0n) is 14.6. The molecule has 1 aromatic carbocycles. The number of hydrogen-bond acceptors (Lipinski definition) is 4. The van der Waals surface area contributed by atoms with Crippen molar-refractivity contribution in [2.75, 3.05) is 0 Å². The highest BCUT2D eigenvalue weighted by Crippen LogP contribution is 2.19. The summed E-state index contributed by atoms with van der Waals surface area (Å²) in [5.41, 5.74) is 4.18. The Bertz CT molecular complexity index is 1120. The highest BCUT2D eigenvalue weighted by atomic mass is 16.1. The first kappa shape index (κ1) is 16.0. The van der Waals surface area contributed by atoms with Crippen LogP contribution in [0.15, 0.2) is 66.0 Å². The van der Waals surface area contributed by atoms with Crippen LogP contribution in [0.2, 0.25) is 0 Å². The van der Waals surface area contributed by atoms with Crippen molar-refractivity contribution < 1.29 is 0 Å². The molecule has 4 rings (SSSR count). The van der Waals surface area contributed by atoms with Crippen molar-refractivity contribution in [3.8, 4) is 16.9 Å². The summed E-state index contributed by atoms with van der Waals surface area (Å²) in [7, 11) is 3.73. The van der Waals surface area contributed by atoms with Crippen LogP contribution in [0, 0.1) is 0 Å². The molecule has 7 heteroatoms. The second-order valence-corrected chi connectivity index (χ2v) is 6.20. The van der Waals surface area contributed by atoms with Gasteiger partial charge < -0.3 is 0 Å². The molecule has 26 heavy (non-hydrogen) atoms. The molecule has 3 aromatic heterocycles. The number of benzene rings is 1. The predicted molar refractivity (Wildman–Crippen MR) is 98.1 cm³/mol. The lowest BCUT2D eigenvalue weighted by molar-refractivity contribution is 0.762. The van der Waals surface area contributed by atoms with E-state index in [0.29, 0.717) is 12.1 Å². The third-order valence-electron chi connectivity index (χ3n) is 4.14. The Morgan fingerprint density at radius 1 is 1.00 bits per heavy atom. The van der Waals surface area contributed by atoms with Crippen LogP contribution in [-0.2, 0) is 20.5 Å². The Labute approximate surface area is 150 Å². The van der Waals surface area contributed by atoms with Gasteiger partial charge in [-0.15, -0.1) is 0 Å². The molecule has 0 spiro atoms. The molecule has 0 amide bonds. The van der Waals surface area contributed by atoms with Crippen LogP contribution in [0.1, 0.15) is 11.3 Å². The van der Waals surface area contributed by atoms with Gasteiger partial charge in [0.1, 0.15) is 11.4 Å². The molecule has 0 unspecified atom stereocenters. The smallest absolute Gasteiger partial charge is 0.203 e. The van der Waals surface area contributed by atoms with Gasteiger partial charge in [-0.25, -0.2) is 4.68 Å². The summed E-state index contributed by atoms with van der Waals surface area (Å²) < 4.78 is 5.14. The van der Waals surface area contributed by atoms with Crippen LogP contribution in [0.3, 0.4) is 0 Å². The van der Waals surface area contributed by atoms with E-state index in [1.165, 1.54) is 6.07 Å². The van der Waals surface area contributed by atoms with Crippen LogP contribution >= 0.6 is 0 Å². The lowest BCUT2D eigenvalue weighted by atomic mass is 10.0. The van der Waals surface area contributed by atoms with Gasteiger partial charge in [0.15, 0.2) is 0 Å². The Kier molecular flexibility index (Phi) is 3.96. The quantitative estimate of drug-likeness (QED) is 0.566. The molecule has 0 N–H and O–H groups in total. The molecular weight excluding hydrogens is 328 g/mol. The van der Waals surface area contributed by atoms with E-state index in [4.69, 9.17) is 0 Å². The van der Waals surface area contributed by atoms with Crippen molar-refractivity contribution in [2.45, 2.75) is 6.42 Å². The standard InChI is InChI=1S/C19H18N6O/c1-23-8-6-17(21-23)15-5-3-4-14(10-15)11-18-19(26)7-9-25(22-18)16-12-20-24(2)13-16/h3-10,12-13H,11H2,1-2H3. The van der Waals surface area contributed by atoms with E-state index in [1.807, 2.05) is 56.8 Å². The summed E-state index contributed by atoms with van der Waals surface area (Å²) in [5.74, 6) is 0. The zero-order valence-corrected chi connectivity index (χ0v) is 14.6. The Hall–Kier alpha value is -3.48. The van der Waals surface area contributed by atoms with E-state index in [0.717, 1.165) is 22.5 Å². The Morgan fingerprint density at radius 2 is 1.88 bits per heavy atom. The maximum atomic E-state index is 12.3. The minimum Gasteiger partial charge on any atom is -0.288 e. The van der Waals surface area contributed by atoms with Crippen molar-refractivity contribution in [2.24, 2.45) is 14.1 Å². The fourth-order valence-electron chi connectivity index (χ4n) is 2.84. The molecule has 0 atom stereocenters. The molecule has 0 aliphatic heterocycles. The molecule has 3 heterocycles. The maximum Gasteiger partial charge on any atom is 0.203 e. The van der Waals surface area contributed by atoms with Crippen LogP contribution in [0.5, 0.6) is 0 Å². The largest absolute Gasteiger partial charge is 0.288 e. The minimum absolute atomic E-state index is 0.0756. The fraction of sp³-hybridized carbons (Fsp3) is 0.158.